The van der Waals surface area contributed by atoms with E-state index in [9.17, 15) is 43.2 Å². The molecule has 40 heteroatoms. The maximum atomic E-state index is 14.0. The SMILES string of the molecule is COOOOOOOOOOOOOCC(COOOOOOOOOOOOOC)(COC(=O)NCCC(=O)ON1C(=O)CCC1=O)CC(=O)CCC(=O)C(CC(=O)C1CCC(CN2C(=O)C=CC2=O)CC1)Cc1ccccc1. The van der Waals surface area contributed by atoms with Crippen molar-refractivity contribution >= 4 is 53.0 Å². The molecule has 1 N–H and O–H groups in total. The van der Waals surface area contributed by atoms with Crippen LogP contribution in [0.1, 0.15) is 76.2 Å². The van der Waals surface area contributed by atoms with Gasteiger partial charge >= 0.3 is 12.1 Å². The highest BCUT2D eigenvalue weighted by atomic mass is 18.0. The molecule has 40 nitrogen and oxygen atoms in total. The lowest BCUT2D eigenvalue weighted by Crippen LogP contribution is -2.42. The normalized spacial score (nSPS) is 16.9. The van der Waals surface area contributed by atoms with Gasteiger partial charge in [0.15, 0.2) is 0 Å². The molecule has 3 aliphatic rings. The molecule has 5 amide bonds. The molecular weight excluding hydrogens is 1110 g/mol. The number of rotatable bonds is 47. The highest BCUT2D eigenvalue weighted by Crippen LogP contribution is 2.33. The zero-order valence-corrected chi connectivity index (χ0v) is 41.8. The molecule has 1 saturated carbocycles. The van der Waals surface area contributed by atoms with E-state index in [-0.39, 0.29) is 43.9 Å². The van der Waals surface area contributed by atoms with E-state index in [0.717, 1.165) is 19.8 Å². The number of hydrogen-bond acceptors (Lipinski definition) is 37. The maximum Gasteiger partial charge on any atom is 0.407 e. The minimum Gasteiger partial charge on any atom is -0.449 e. The average molecular weight is 1170 g/mol. The van der Waals surface area contributed by atoms with Crippen LogP contribution in [0.4, 0.5) is 4.79 Å². The molecule has 1 unspecified atom stereocenters. The van der Waals surface area contributed by atoms with Gasteiger partial charge in [-0.05, 0) is 154 Å². The standard InChI is InChI=1S/C40H51N3O37/c1-53-59-63-67-71-75-79-77-73-69-65-61-56-25-40(26-57-62-66-70-74-78-80-76-72-68-64-60-54-2,24-55-39(52)41-19-18-38(51)58-43-36(49)16-17-37(43)50)22-31(44)12-13-32(45)30(20-27-6-4-3-5-7-27)21-33(46)29-10-8-28(9-11-29)23-42-34(47)14-15-35(42)48/h3-7,14-15,28-30H,8-13,16-26H2,1-2H3,(H,41,52). The minimum absolute atomic E-state index is 0.00631. The van der Waals surface area contributed by atoms with E-state index in [1.807, 2.05) is 0 Å². The van der Waals surface area contributed by atoms with Gasteiger partial charge in [0.05, 0.1) is 39.3 Å². The number of ketones is 3. The molecule has 1 saturated heterocycles. The van der Waals surface area contributed by atoms with Crippen molar-refractivity contribution < 1.29 is 183 Å². The smallest absolute Gasteiger partial charge is 0.407 e. The molecule has 0 aromatic heterocycles. The molecule has 448 valence electrons. The number of nitrogens with one attached hydrogen (secondary N) is 1. The third-order valence-electron chi connectivity index (χ3n) is 10.9. The third-order valence-corrected chi connectivity index (χ3v) is 10.9. The average Bonchev–Trinajstić information content (AvgIpc) is 3.94. The molecule has 0 bridgehead atoms. The Bertz CT molecular complexity index is 2030. The van der Waals surface area contributed by atoms with Crippen LogP contribution in [0.5, 0.6) is 0 Å². The number of ether oxygens (including phenoxy) is 1. The summed E-state index contributed by atoms with van der Waals surface area (Å²) in [5.74, 6) is -6.00. The predicted molar refractivity (Wildman–Crippen MR) is 222 cm³/mol. The van der Waals surface area contributed by atoms with Crippen molar-refractivity contribution in [3.8, 4) is 0 Å². The molecule has 1 aromatic carbocycles. The Morgan fingerprint density at radius 1 is 0.600 bits per heavy atom. The van der Waals surface area contributed by atoms with Crippen LogP contribution in [-0.2, 0) is 185 Å². The van der Waals surface area contributed by atoms with Crippen LogP contribution >= 0.6 is 0 Å². The van der Waals surface area contributed by atoms with Gasteiger partial charge in [-0.15, -0.1) is 5.06 Å². The summed E-state index contributed by atoms with van der Waals surface area (Å²) in [5, 5.41) is 87.6. The Labute approximate surface area is 446 Å². The van der Waals surface area contributed by atoms with Crippen molar-refractivity contribution in [2.24, 2.45) is 23.2 Å². The van der Waals surface area contributed by atoms with Gasteiger partial charge in [-0.3, -0.25) is 38.5 Å². The predicted octanol–water partition coefficient (Wildman–Crippen LogP) is 1.21. The molecule has 0 spiro atoms. The highest BCUT2D eigenvalue weighted by molar-refractivity contribution is 6.12. The number of benzene rings is 1. The number of hydroxylamine groups is 2. The van der Waals surface area contributed by atoms with E-state index >= 15 is 0 Å². The van der Waals surface area contributed by atoms with Gasteiger partial charge < -0.3 is 14.9 Å². The summed E-state index contributed by atoms with van der Waals surface area (Å²) in [6, 6.07) is 8.83. The quantitative estimate of drug-likeness (QED) is 0.0415. The summed E-state index contributed by atoms with van der Waals surface area (Å²) >= 11 is 0. The first-order valence-corrected chi connectivity index (χ1v) is 22.9. The van der Waals surface area contributed by atoms with Gasteiger partial charge in [0.1, 0.15) is 24.0 Å². The van der Waals surface area contributed by atoms with Gasteiger partial charge in [-0.2, -0.15) is 0 Å². The first kappa shape index (κ1) is 66.5. The number of amides is 5. The van der Waals surface area contributed by atoms with E-state index in [2.05, 4.69) is 126 Å². The number of carbonyl (C=O) groups is 9. The largest absolute Gasteiger partial charge is 0.449 e. The molecule has 2 fully saturated rings. The van der Waals surface area contributed by atoms with Crippen LogP contribution in [0.25, 0.3) is 0 Å². The Hall–Kier alpha value is -6.05. The zero-order chi connectivity index (χ0) is 57.6. The molecule has 1 atom stereocenters. The summed E-state index contributed by atoms with van der Waals surface area (Å²) in [7, 11) is 2.09. The lowest BCUT2D eigenvalue weighted by Gasteiger charge is -2.30. The van der Waals surface area contributed by atoms with Crippen LogP contribution in [0, 0.1) is 23.2 Å². The van der Waals surface area contributed by atoms with Crippen molar-refractivity contribution in [3.05, 3.63) is 48.0 Å². The summed E-state index contributed by atoms with van der Waals surface area (Å²) < 4.78 is 5.30. The molecule has 2 aliphatic heterocycles. The molecule has 4 rings (SSSR count). The van der Waals surface area contributed by atoms with Crippen molar-refractivity contribution in [1.29, 1.82) is 0 Å². The number of nitrogens with zero attached hydrogens (tertiary/aromatic N) is 2. The Kier molecular flexibility index (Phi) is 32.7. The zero-order valence-electron chi connectivity index (χ0n) is 41.8. The second-order valence-electron chi connectivity index (χ2n) is 16.2. The Morgan fingerprint density at radius 3 is 1.59 bits per heavy atom. The molecular formula is C40H51N3O37. The number of imide groups is 2. The van der Waals surface area contributed by atoms with Gasteiger partial charge in [0.2, 0.25) is 0 Å². The van der Waals surface area contributed by atoms with E-state index in [1.54, 1.807) is 30.3 Å². The topological polar surface area (TPSA) is 431 Å². The van der Waals surface area contributed by atoms with Crippen LogP contribution in [0.15, 0.2) is 42.5 Å². The highest BCUT2D eigenvalue weighted by Gasteiger charge is 2.39. The van der Waals surface area contributed by atoms with Gasteiger partial charge in [0.25, 0.3) is 23.6 Å². The van der Waals surface area contributed by atoms with Crippen LogP contribution < -0.4 is 5.32 Å². The fourth-order valence-electron chi connectivity index (χ4n) is 7.33. The molecule has 1 aliphatic carbocycles. The maximum absolute atomic E-state index is 14.0. The summed E-state index contributed by atoms with van der Waals surface area (Å²) in [6.07, 6.45) is 0.660. The second-order valence-corrected chi connectivity index (χ2v) is 16.2. The van der Waals surface area contributed by atoms with Crippen molar-refractivity contribution in [2.75, 3.05) is 47.1 Å². The fourth-order valence-corrected chi connectivity index (χ4v) is 7.33. The van der Waals surface area contributed by atoms with E-state index in [4.69, 9.17) is 19.3 Å². The van der Waals surface area contributed by atoms with E-state index in [0.29, 0.717) is 30.7 Å². The number of alkyl carbamates (subject to hydrolysis) is 1. The first-order chi connectivity index (χ1) is 38.8. The molecule has 2 heterocycles. The number of hydrogen-bond donors (Lipinski definition) is 1. The van der Waals surface area contributed by atoms with E-state index in [1.165, 1.54) is 17.1 Å². The van der Waals surface area contributed by atoms with Crippen molar-refractivity contribution in [3.63, 3.8) is 0 Å². The summed E-state index contributed by atoms with van der Waals surface area (Å²) in [5.41, 5.74) is -1.26. The number of carbonyl (C=O) groups excluding carboxylic acids is 9. The number of Topliss-reactive ketones (excluding diaryl/α,β-unsaturated/α-hetero) is 3. The monoisotopic (exact) mass is 1170 g/mol. The van der Waals surface area contributed by atoms with Crippen molar-refractivity contribution in [1.82, 2.24) is 15.3 Å². The molecule has 1 aromatic rings. The van der Waals surface area contributed by atoms with Gasteiger partial charge in [-0.25, -0.2) is 29.1 Å². The minimum atomic E-state index is -2.00. The lowest BCUT2D eigenvalue weighted by molar-refractivity contribution is -0.870. The van der Waals surface area contributed by atoms with Crippen LogP contribution in [0.2, 0.25) is 0 Å². The molecule has 0 radical (unpaired) electrons. The van der Waals surface area contributed by atoms with Crippen molar-refractivity contribution in [2.45, 2.75) is 77.0 Å². The van der Waals surface area contributed by atoms with Gasteiger partial charge in [0, 0.05) is 75.6 Å². The Morgan fingerprint density at radius 2 is 1.09 bits per heavy atom. The summed E-state index contributed by atoms with van der Waals surface area (Å²) in [4.78, 5) is 139. The molecule has 80 heavy (non-hydrogen) atoms. The third kappa shape index (κ3) is 26.9. The first-order valence-electron chi connectivity index (χ1n) is 22.9. The van der Waals surface area contributed by atoms with Crippen LogP contribution in [-0.4, -0.2) is 110 Å². The summed E-state index contributed by atoms with van der Waals surface area (Å²) in [6.45, 7) is -3.00. The fraction of sp³-hybridized carbons (Fsp3) is 0.575. The second kappa shape index (κ2) is 39.4. The van der Waals surface area contributed by atoms with Crippen LogP contribution in [0.3, 0.4) is 0 Å². The van der Waals surface area contributed by atoms with Gasteiger partial charge in [-0.1, -0.05) is 30.3 Å². The van der Waals surface area contributed by atoms with E-state index < -0.39 is 117 Å². The lowest BCUT2D eigenvalue weighted by atomic mass is 9.76. The Balaban J connectivity index is 1.40.